The summed E-state index contributed by atoms with van der Waals surface area (Å²) >= 11 is 0. The van der Waals surface area contributed by atoms with Crippen LogP contribution >= 0.6 is 0 Å². The van der Waals surface area contributed by atoms with Crippen LogP contribution in [0.2, 0.25) is 0 Å². The Morgan fingerprint density at radius 1 is 1.43 bits per heavy atom. The third-order valence-corrected chi connectivity index (χ3v) is 4.06. The van der Waals surface area contributed by atoms with Gasteiger partial charge in [-0.1, -0.05) is 0 Å². The van der Waals surface area contributed by atoms with E-state index in [4.69, 9.17) is 4.74 Å². The number of hydrogen-bond donors (Lipinski definition) is 2. The van der Waals surface area contributed by atoms with E-state index in [1.165, 1.54) is 0 Å². The summed E-state index contributed by atoms with van der Waals surface area (Å²) in [5.41, 5.74) is 1.80. The van der Waals surface area contributed by atoms with Crippen LogP contribution in [-0.4, -0.2) is 52.2 Å². The number of likely N-dealkylation sites (tertiary alicyclic amines) is 1. The van der Waals surface area contributed by atoms with Crippen molar-refractivity contribution in [3.63, 3.8) is 0 Å². The molecule has 3 heterocycles. The molecule has 1 amide bonds. The fraction of sp³-hybridized carbons (Fsp3) is 0.688. The van der Waals surface area contributed by atoms with Gasteiger partial charge in [0.15, 0.2) is 0 Å². The Labute approximate surface area is 136 Å². The van der Waals surface area contributed by atoms with Crippen molar-refractivity contribution in [1.82, 2.24) is 20.2 Å². The lowest BCUT2D eigenvalue weighted by atomic mass is 10.1. The molecule has 1 atom stereocenters. The maximum absolute atomic E-state index is 12.1. The Hall–Kier alpha value is -1.89. The van der Waals surface area contributed by atoms with Crippen LogP contribution in [0.5, 0.6) is 0 Å². The minimum atomic E-state index is -0.458. The first kappa shape index (κ1) is 16.0. The van der Waals surface area contributed by atoms with Gasteiger partial charge in [0.2, 0.25) is 0 Å². The summed E-state index contributed by atoms with van der Waals surface area (Å²) < 4.78 is 5.43. The molecule has 0 aliphatic carbocycles. The summed E-state index contributed by atoms with van der Waals surface area (Å²) in [5, 5.41) is 6.83. The van der Waals surface area contributed by atoms with Gasteiger partial charge in [0.05, 0.1) is 5.69 Å². The molecule has 0 aromatic carbocycles. The van der Waals surface area contributed by atoms with Crippen LogP contribution in [0.4, 0.5) is 10.6 Å². The molecule has 0 radical (unpaired) electrons. The molecule has 1 unspecified atom stereocenters. The predicted octanol–water partition coefficient (Wildman–Crippen LogP) is 1.54. The van der Waals surface area contributed by atoms with E-state index in [0.717, 1.165) is 43.0 Å². The lowest BCUT2D eigenvalue weighted by Crippen LogP contribution is -2.37. The highest BCUT2D eigenvalue weighted by molar-refractivity contribution is 5.68. The van der Waals surface area contributed by atoms with Gasteiger partial charge >= 0.3 is 6.09 Å². The first-order valence-corrected chi connectivity index (χ1v) is 8.20. The van der Waals surface area contributed by atoms with Crippen LogP contribution in [0, 0.1) is 0 Å². The normalized spacial score (nSPS) is 21.0. The number of anilines is 1. The molecule has 2 aliphatic heterocycles. The van der Waals surface area contributed by atoms with Crippen LogP contribution in [0.1, 0.15) is 38.4 Å². The molecule has 1 saturated heterocycles. The molecule has 0 saturated carbocycles. The summed E-state index contributed by atoms with van der Waals surface area (Å²) in [6.45, 7) is 8.75. The van der Waals surface area contributed by atoms with Gasteiger partial charge in [0.1, 0.15) is 17.7 Å². The fourth-order valence-corrected chi connectivity index (χ4v) is 2.96. The third kappa shape index (κ3) is 3.90. The van der Waals surface area contributed by atoms with Gasteiger partial charge in [0, 0.05) is 44.2 Å². The predicted molar refractivity (Wildman–Crippen MR) is 87.3 cm³/mol. The van der Waals surface area contributed by atoms with Crippen LogP contribution in [0.15, 0.2) is 6.33 Å². The highest BCUT2D eigenvalue weighted by atomic mass is 16.6. The molecule has 7 heteroatoms. The van der Waals surface area contributed by atoms with E-state index in [-0.39, 0.29) is 12.1 Å². The lowest BCUT2D eigenvalue weighted by Gasteiger charge is -2.25. The Balaban J connectivity index is 1.61. The first-order valence-electron chi connectivity index (χ1n) is 8.20. The number of nitrogens with one attached hydrogen (secondary N) is 2. The number of aromatic nitrogens is 2. The number of hydrogen-bond acceptors (Lipinski definition) is 6. The summed E-state index contributed by atoms with van der Waals surface area (Å²) in [7, 11) is 0. The van der Waals surface area contributed by atoms with Crippen LogP contribution < -0.4 is 10.6 Å². The molecule has 0 bridgehead atoms. The topological polar surface area (TPSA) is 79.4 Å². The van der Waals surface area contributed by atoms with E-state index in [2.05, 4.69) is 20.6 Å². The number of carbonyl (C=O) groups is 1. The molecule has 126 valence electrons. The van der Waals surface area contributed by atoms with Gasteiger partial charge in [-0.25, -0.2) is 14.8 Å². The molecular weight excluding hydrogens is 294 g/mol. The van der Waals surface area contributed by atoms with Gasteiger partial charge in [-0.15, -0.1) is 0 Å². The van der Waals surface area contributed by atoms with Crippen molar-refractivity contribution in [2.75, 3.05) is 25.0 Å². The minimum absolute atomic E-state index is 0.198. The van der Waals surface area contributed by atoms with E-state index in [9.17, 15) is 4.79 Å². The second kappa shape index (κ2) is 6.31. The zero-order valence-electron chi connectivity index (χ0n) is 14.1. The van der Waals surface area contributed by atoms with Gasteiger partial charge in [-0.3, -0.25) is 0 Å². The SMILES string of the molecule is CC(C)(C)OC(=O)N1CCC(Nc2ncnc3c2CNCC3)C1. The van der Waals surface area contributed by atoms with Crippen molar-refractivity contribution >= 4 is 11.9 Å². The van der Waals surface area contributed by atoms with E-state index in [1.54, 1.807) is 11.2 Å². The van der Waals surface area contributed by atoms with Gasteiger partial charge in [-0.2, -0.15) is 0 Å². The number of amides is 1. The van der Waals surface area contributed by atoms with Crippen molar-refractivity contribution in [3.8, 4) is 0 Å². The standard InChI is InChI=1S/C16H25N5O2/c1-16(2,3)23-15(22)21-7-5-11(9-21)20-14-12-8-17-6-4-13(12)18-10-19-14/h10-11,17H,4-9H2,1-3H3,(H,18,19,20). The highest BCUT2D eigenvalue weighted by Gasteiger charge is 2.30. The molecule has 23 heavy (non-hydrogen) atoms. The van der Waals surface area contributed by atoms with Crippen molar-refractivity contribution in [2.24, 2.45) is 0 Å². The maximum Gasteiger partial charge on any atom is 0.410 e. The molecular formula is C16H25N5O2. The zero-order valence-corrected chi connectivity index (χ0v) is 14.1. The molecule has 7 nitrogen and oxygen atoms in total. The molecule has 2 aliphatic rings. The maximum atomic E-state index is 12.1. The average Bonchev–Trinajstić information content (AvgIpc) is 2.95. The van der Waals surface area contributed by atoms with Crippen molar-refractivity contribution in [3.05, 3.63) is 17.6 Å². The largest absolute Gasteiger partial charge is 0.444 e. The van der Waals surface area contributed by atoms with Crippen molar-refractivity contribution < 1.29 is 9.53 Å². The smallest absolute Gasteiger partial charge is 0.410 e. The van der Waals surface area contributed by atoms with Crippen LogP contribution in [0.3, 0.4) is 0 Å². The Bertz CT molecular complexity index is 584. The van der Waals surface area contributed by atoms with Crippen molar-refractivity contribution in [2.45, 2.75) is 51.8 Å². The molecule has 2 N–H and O–H groups in total. The summed E-state index contributed by atoms with van der Waals surface area (Å²) in [5.74, 6) is 0.887. The molecule has 1 aromatic rings. The second-order valence-corrected chi connectivity index (χ2v) is 7.13. The molecule has 1 fully saturated rings. The van der Waals surface area contributed by atoms with Crippen LogP contribution in [0.25, 0.3) is 0 Å². The zero-order chi connectivity index (χ0) is 16.4. The number of nitrogens with zero attached hydrogens (tertiary/aromatic N) is 3. The molecule has 1 aromatic heterocycles. The first-order chi connectivity index (χ1) is 10.9. The van der Waals surface area contributed by atoms with E-state index >= 15 is 0 Å². The Morgan fingerprint density at radius 2 is 2.26 bits per heavy atom. The fourth-order valence-electron chi connectivity index (χ4n) is 2.96. The summed E-state index contributed by atoms with van der Waals surface area (Å²) in [6, 6.07) is 0.198. The average molecular weight is 319 g/mol. The summed E-state index contributed by atoms with van der Waals surface area (Å²) in [6.07, 6.45) is 3.20. The Morgan fingerprint density at radius 3 is 3.04 bits per heavy atom. The third-order valence-electron chi connectivity index (χ3n) is 4.06. The quantitative estimate of drug-likeness (QED) is 0.861. The van der Waals surface area contributed by atoms with Gasteiger partial charge < -0.3 is 20.3 Å². The minimum Gasteiger partial charge on any atom is -0.444 e. The number of rotatable bonds is 2. The highest BCUT2D eigenvalue weighted by Crippen LogP contribution is 2.22. The monoisotopic (exact) mass is 319 g/mol. The Kier molecular flexibility index (Phi) is 4.39. The van der Waals surface area contributed by atoms with Gasteiger partial charge in [0.25, 0.3) is 0 Å². The number of carbonyl (C=O) groups excluding carboxylic acids is 1. The lowest BCUT2D eigenvalue weighted by molar-refractivity contribution is 0.0293. The molecule has 0 spiro atoms. The second-order valence-electron chi connectivity index (χ2n) is 7.13. The van der Waals surface area contributed by atoms with E-state index in [0.29, 0.717) is 13.1 Å². The van der Waals surface area contributed by atoms with Crippen LogP contribution in [-0.2, 0) is 17.7 Å². The van der Waals surface area contributed by atoms with E-state index < -0.39 is 5.60 Å². The molecule has 3 rings (SSSR count). The number of fused-ring (bicyclic) bond motifs is 1. The van der Waals surface area contributed by atoms with Gasteiger partial charge in [-0.05, 0) is 27.2 Å². The van der Waals surface area contributed by atoms with E-state index in [1.807, 2.05) is 20.8 Å². The van der Waals surface area contributed by atoms with Crippen molar-refractivity contribution in [1.29, 1.82) is 0 Å². The number of ether oxygens (including phenoxy) is 1. The summed E-state index contributed by atoms with van der Waals surface area (Å²) in [4.78, 5) is 22.6.